The summed E-state index contributed by atoms with van der Waals surface area (Å²) >= 11 is 0. The first-order valence-electron chi connectivity index (χ1n) is 8.15. The molecular weight excluding hydrogens is 316 g/mol. The number of nitrogens with two attached hydrogens (primary N) is 1. The fraction of sp³-hybridized carbons (Fsp3) is 0.750. The average Bonchev–Trinajstić information content (AvgIpc) is 2.76. The zero-order chi connectivity index (χ0) is 16.1. The minimum Gasteiger partial charge on any atom is -0.480 e. The van der Waals surface area contributed by atoms with Gasteiger partial charge in [0.25, 0.3) is 5.91 Å². The number of rotatable bonds is 6. The first-order valence-corrected chi connectivity index (χ1v) is 8.15. The predicted octanol–water partition coefficient (Wildman–Crippen LogP) is 1.86. The topological polar surface area (TPSA) is 82.2 Å². The Bertz CT molecular complexity index is 512. The molecule has 2 rings (SSSR count). The third-order valence-corrected chi connectivity index (χ3v) is 4.61. The van der Waals surface area contributed by atoms with E-state index in [-0.39, 0.29) is 31.0 Å². The number of carbonyl (C=O) groups excluding carboxylic acids is 1. The molecule has 6 nitrogen and oxygen atoms in total. The highest BCUT2D eigenvalue weighted by molar-refractivity contribution is 5.85. The van der Waals surface area contributed by atoms with E-state index in [1.807, 2.05) is 20.9 Å². The number of nitrogens with zero attached hydrogens (tertiary/aromatic N) is 2. The van der Waals surface area contributed by atoms with Gasteiger partial charge in [0, 0.05) is 19.6 Å². The Hall–Kier alpha value is -1.27. The van der Waals surface area contributed by atoms with E-state index < -0.39 is 0 Å². The second-order valence-corrected chi connectivity index (χ2v) is 6.22. The molecule has 23 heavy (non-hydrogen) atoms. The zero-order valence-corrected chi connectivity index (χ0v) is 15.1. The number of ether oxygens (including phenoxy) is 1. The van der Waals surface area contributed by atoms with E-state index >= 15 is 0 Å². The lowest BCUT2D eigenvalue weighted by Crippen LogP contribution is -2.47. The van der Waals surface area contributed by atoms with Crippen LogP contribution in [0.4, 0.5) is 0 Å². The largest absolute Gasteiger partial charge is 0.480 e. The number of nitrogens with one attached hydrogen (secondary N) is 1. The van der Waals surface area contributed by atoms with E-state index in [4.69, 9.17) is 10.5 Å². The Labute approximate surface area is 144 Å². The van der Waals surface area contributed by atoms with Crippen LogP contribution in [0.15, 0.2) is 0 Å². The molecule has 1 fully saturated rings. The Morgan fingerprint density at radius 1 is 1.39 bits per heavy atom. The SMILES string of the molecule is Cc1nn(C)c(C)c1OCC(=O)NC(CN)C1CCCCC1.Cl. The van der Waals surface area contributed by atoms with Crippen molar-refractivity contribution in [2.24, 2.45) is 18.7 Å². The van der Waals surface area contributed by atoms with Crippen molar-refractivity contribution in [3.8, 4) is 5.75 Å². The smallest absolute Gasteiger partial charge is 0.258 e. The molecule has 1 heterocycles. The highest BCUT2D eigenvalue weighted by Crippen LogP contribution is 2.26. The summed E-state index contributed by atoms with van der Waals surface area (Å²) in [5.41, 5.74) is 7.57. The predicted molar refractivity (Wildman–Crippen MR) is 93.0 cm³/mol. The van der Waals surface area contributed by atoms with Crippen LogP contribution in [0.3, 0.4) is 0 Å². The van der Waals surface area contributed by atoms with Gasteiger partial charge in [0.05, 0.1) is 5.69 Å². The van der Waals surface area contributed by atoms with Crippen molar-refractivity contribution in [3.63, 3.8) is 0 Å². The monoisotopic (exact) mass is 344 g/mol. The van der Waals surface area contributed by atoms with Crippen molar-refractivity contribution in [2.75, 3.05) is 13.2 Å². The van der Waals surface area contributed by atoms with Gasteiger partial charge in [-0.1, -0.05) is 19.3 Å². The van der Waals surface area contributed by atoms with Gasteiger partial charge >= 0.3 is 0 Å². The second kappa shape index (κ2) is 9.13. The van der Waals surface area contributed by atoms with Crippen molar-refractivity contribution in [3.05, 3.63) is 11.4 Å². The summed E-state index contributed by atoms with van der Waals surface area (Å²) < 4.78 is 7.40. The molecule has 3 N–H and O–H groups in total. The Morgan fingerprint density at radius 2 is 2.04 bits per heavy atom. The molecule has 0 aromatic carbocycles. The molecule has 0 radical (unpaired) electrons. The van der Waals surface area contributed by atoms with Gasteiger partial charge in [-0.3, -0.25) is 9.48 Å². The summed E-state index contributed by atoms with van der Waals surface area (Å²) in [7, 11) is 1.86. The summed E-state index contributed by atoms with van der Waals surface area (Å²) in [6.45, 7) is 4.31. The van der Waals surface area contributed by atoms with Crippen LogP contribution in [0.25, 0.3) is 0 Å². The molecule has 132 valence electrons. The van der Waals surface area contributed by atoms with Gasteiger partial charge in [-0.05, 0) is 32.6 Å². The molecule has 1 saturated carbocycles. The number of halogens is 1. The quantitative estimate of drug-likeness (QED) is 0.825. The van der Waals surface area contributed by atoms with Crippen molar-refractivity contribution in [1.82, 2.24) is 15.1 Å². The molecule has 1 amide bonds. The number of carbonyl (C=O) groups is 1. The average molecular weight is 345 g/mol. The fourth-order valence-corrected chi connectivity index (χ4v) is 3.25. The standard InChI is InChI=1S/C16H28N4O2.ClH/c1-11-16(12(2)20(3)19-11)22-10-15(21)18-14(9-17)13-7-5-4-6-8-13;/h13-14H,4-10,17H2,1-3H3,(H,18,21);1H. The summed E-state index contributed by atoms with van der Waals surface area (Å²) in [6, 6.07) is 0.0625. The van der Waals surface area contributed by atoms with Crippen molar-refractivity contribution in [1.29, 1.82) is 0 Å². The Kier molecular flexibility index (Phi) is 7.85. The van der Waals surface area contributed by atoms with Crippen LogP contribution in [0, 0.1) is 19.8 Å². The lowest BCUT2D eigenvalue weighted by Gasteiger charge is -2.30. The Balaban J connectivity index is 0.00000264. The molecule has 1 aliphatic rings. The number of aromatic nitrogens is 2. The number of aryl methyl sites for hydroxylation is 2. The van der Waals surface area contributed by atoms with Crippen LogP contribution in [0.1, 0.15) is 43.5 Å². The second-order valence-electron chi connectivity index (χ2n) is 6.22. The van der Waals surface area contributed by atoms with Gasteiger partial charge < -0.3 is 15.8 Å². The summed E-state index contributed by atoms with van der Waals surface area (Å²) in [5.74, 6) is 1.09. The summed E-state index contributed by atoms with van der Waals surface area (Å²) in [4.78, 5) is 12.1. The maximum Gasteiger partial charge on any atom is 0.258 e. The van der Waals surface area contributed by atoms with Gasteiger partial charge in [0.15, 0.2) is 12.4 Å². The molecule has 0 spiro atoms. The first kappa shape index (κ1) is 19.8. The molecule has 1 aromatic rings. The van der Waals surface area contributed by atoms with Crippen LogP contribution in [0.5, 0.6) is 5.75 Å². The van der Waals surface area contributed by atoms with E-state index in [1.165, 1.54) is 19.3 Å². The number of amides is 1. The van der Waals surface area contributed by atoms with E-state index in [0.29, 0.717) is 18.2 Å². The van der Waals surface area contributed by atoms with E-state index in [0.717, 1.165) is 24.2 Å². The molecular formula is C16H29ClN4O2. The zero-order valence-electron chi connectivity index (χ0n) is 14.3. The van der Waals surface area contributed by atoms with E-state index in [1.54, 1.807) is 4.68 Å². The molecule has 7 heteroatoms. The van der Waals surface area contributed by atoms with E-state index in [9.17, 15) is 4.79 Å². The highest BCUT2D eigenvalue weighted by atomic mass is 35.5. The van der Waals surface area contributed by atoms with Crippen LogP contribution < -0.4 is 15.8 Å². The number of hydrogen-bond donors (Lipinski definition) is 2. The van der Waals surface area contributed by atoms with Gasteiger partial charge in [-0.25, -0.2) is 0 Å². The normalized spacial score (nSPS) is 16.5. The molecule has 1 aliphatic carbocycles. The fourth-order valence-electron chi connectivity index (χ4n) is 3.25. The molecule has 0 saturated heterocycles. The van der Waals surface area contributed by atoms with Gasteiger partial charge in [0.1, 0.15) is 5.69 Å². The minimum atomic E-state index is -0.108. The molecule has 1 unspecified atom stereocenters. The van der Waals surface area contributed by atoms with Gasteiger partial charge in [0.2, 0.25) is 0 Å². The van der Waals surface area contributed by atoms with Crippen LogP contribution in [-0.4, -0.2) is 34.9 Å². The molecule has 0 bridgehead atoms. The molecule has 0 aliphatic heterocycles. The van der Waals surface area contributed by atoms with Crippen LogP contribution in [-0.2, 0) is 11.8 Å². The Morgan fingerprint density at radius 3 is 2.57 bits per heavy atom. The third kappa shape index (κ3) is 5.11. The van der Waals surface area contributed by atoms with E-state index in [2.05, 4.69) is 10.4 Å². The van der Waals surface area contributed by atoms with Crippen molar-refractivity contribution < 1.29 is 9.53 Å². The van der Waals surface area contributed by atoms with Crippen LogP contribution in [0.2, 0.25) is 0 Å². The summed E-state index contributed by atoms with van der Waals surface area (Å²) in [6.07, 6.45) is 6.08. The molecule has 1 aromatic heterocycles. The highest BCUT2D eigenvalue weighted by Gasteiger charge is 2.24. The lowest BCUT2D eigenvalue weighted by atomic mass is 9.84. The maximum absolute atomic E-state index is 12.1. The van der Waals surface area contributed by atoms with Gasteiger partial charge in [-0.2, -0.15) is 5.10 Å². The first-order chi connectivity index (χ1) is 10.5. The maximum atomic E-state index is 12.1. The minimum absolute atomic E-state index is 0. The molecule has 1 atom stereocenters. The third-order valence-electron chi connectivity index (χ3n) is 4.61. The summed E-state index contributed by atoms with van der Waals surface area (Å²) in [5, 5.41) is 7.32. The van der Waals surface area contributed by atoms with Crippen molar-refractivity contribution >= 4 is 18.3 Å². The van der Waals surface area contributed by atoms with Crippen LogP contribution >= 0.6 is 12.4 Å². The van der Waals surface area contributed by atoms with Crippen molar-refractivity contribution in [2.45, 2.75) is 52.0 Å². The number of hydrogen-bond acceptors (Lipinski definition) is 4. The van der Waals surface area contributed by atoms with Gasteiger partial charge in [-0.15, -0.1) is 12.4 Å². The lowest BCUT2D eigenvalue weighted by molar-refractivity contribution is -0.124.